The van der Waals surface area contributed by atoms with Gasteiger partial charge in [0.1, 0.15) is 29.5 Å². The second-order valence-corrected chi connectivity index (χ2v) is 19.5. The van der Waals surface area contributed by atoms with Crippen molar-refractivity contribution < 1.29 is 41.8 Å². The third-order valence-electron chi connectivity index (χ3n) is 13.8. The molecule has 16 heteroatoms. The molecule has 2 aliphatic heterocycles. The van der Waals surface area contributed by atoms with Crippen LogP contribution in [0.15, 0.2) is 23.0 Å². The van der Waals surface area contributed by atoms with E-state index < -0.39 is 56.7 Å². The fourth-order valence-electron chi connectivity index (χ4n) is 10.2. The van der Waals surface area contributed by atoms with Gasteiger partial charge in [0, 0.05) is 19.0 Å². The summed E-state index contributed by atoms with van der Waals surface area (Å²) >= 11 is 0. The summed E-state index contributed by atoms with van der Waals surface area (Å²) in [6.45, 7) is 2.19. The van der Waals surface area contributed by atoms with Gasteiger partial charge >= 0.3 is 5.97 Å². The molecular weight excluding hydrogens is 767 g/mol. The smallest absolute Gasteiger partial charge is 0.306 e. The number of amides is 3. The van der Waals surface area contributed by atoms with Gasteiger partial charge in [-0.25, -0.2) is 8.42 Å². The van der Waals surface area contributed by atoms with Crippen LogP contribution in [0.1, 0.15) is 116 Å². The van der Waals surface area contributed by atoms with E-state index in [1.807, 2.05) is 6.92 Å². The number of rotatable bonds is 8. The van der Waals surface area contributed by atoms with Crippen LogP contribution < -0.4 is 25.1 Å². The highest BCUT2D eigenvalue weighted by Gasteiger charge is 2.62. The standard InChI is InChI=1S/C42H57N5O10S/c1-3-27-23-42(27,40(52)45-58(53,54)30-16-17-30)44-37(49)34-21-29-24-47(34)39(51)32(25-10-6-7-11-25)22-36(48)57-35-14-9-13-26(35)12-5-4-8-19-46-38(50)31-18-15-28(55-2)20-33(31)43-41(46)56-29/h15,18,20,25-27,29-30,32,34-35H,3-14,16-17,19,21-24H2,1-2H3,(H,44,49)(H,45,52)/t26-,27-,29-,32+,34+,35-,42-/m1/s1. The van der Waals surface area contributed by atoms with Gasteiger partial charge in [0.2, 0.25) is 21.8 Å². The molecule has 2 aromatic rings. The van der Waals surface area contributed by atoms with Crippen molar-refractivity contribution in [3.8, 4) is 11.8 Å². The highest BCUT2D eigenvalue weighted by Crippen LogP contribution is 2.47. The van der Waals surface area contributed by atoms with Gasteiger partial charge in [-0.1, -0.05) is 39.0 Å². The number of aromatic nitrogens is 2. The van der Waals surface area contributed by atoms with E-state index in [9.17, 15) is 32.4 Å². The maximum atomic E-state index is 15.0. The van der Waals surface area contributed by atoms with Crippen molar-refractivity contribution in [1.82, 2.24) is 24.5 Å². The van der Waals surface area contributed by atoms with E-state index in [0.29, 0.717) is 48.9 Å². The van der Waals surface area contributed by atoms with Crippen molar-refractivity contribution in [2.75, 3.05) is 13.7 Å². The first kappa shape index (κ1) is 40.6. The zero-order valence-electron chi connectivity index (χ0n) is 33.6. The lowest BCUT2D eigenvalue weighted by Crippen LogP contribution is -2.57. The van der Waals surface area contributed by atoms with Crippen LogP contribution >= 0.6 is 0 Å². The van der Waals surface area contributed by atoms with Crippen molar-refractivity contribution in [2.24, 2.45) is 23.7 Å². The van der Waals surface area contributed by atoms with Crippen molar-refractivity contribution in [3.63, 3.8) is 0 Å². The summed E-state index contributed by atoms with van der Waals surface area (Å²) < 4.78 is 47.6. The minimum absolute atomic E-state index is 0.0179. The van der Waals surface area contributed by atoms with E-state index in [0.717, 1.165) is 64.2 Å². The molecule has 1 aromatic carbocycles. The van der Waals surface area contributed by atoms with Crippen LogP contribution in [0.25, 0.3) is 10.9 Å². The number of methoxy groups -OCH3 is 1. The predicted molar refractivity (Wildman–Crippen MR) is 212 cm³/mol. The normalized spacial score (nSPS) is 31.0. The molecule has 0 radical (unpaired) electrons. The van der Waals surface area contributed by atoms with Gasteiger partial charge in [-0.15, -0.1) is 0 Å². The highest BCUT2D eigenvalue weighted by molar-refractivity contribution is 7.91. The van der Waals surface area contributed by atoms with Gasteiger partial charge in [-0.3, -0.25) is 33.3 Å². The number of esters is 1. The molecule has 8 rings (SSSR count). The maximum absolute atomic E-state index is 15.0. The van der Waals surface area contributed by atoms with Crippen LogP contribution in [0.3, 0.4) is 0 Å². The summed E-state index contributed by atoms with van der Waals surface area (Å²) in [5.74, 6) is -2.46. The molecule has 316 valence electrons. The third-order valence-corrected chi connectivity index (χ3v) is 15.6. The van der Waals surface area contributed by atoms with E-state index in [4.69, 9.17) is 19.2 Å². The van der Waals surface area contributed by atoms with Crippen LogP contribution in [0.2, 0.25) is 0 Å². The number of carbonyl (C=O) groups is 4. The molecular formula is C42H57N5O10S. The zero-order valence-corrected chi connectivity index (χ0v) is 34.4. The Bertz CT molecular complexity index is 2100. The number of hydrogen-bond acceptors (Lipinski definition) is 11. The van der Waals surface area contributed by atoms with E-state index in [1.54, 1.807) is 18.2 Å². The predicted octanol–water partition coefficient (Wildman–Crippen LogP) is 4.13. The number of sulfonamides is 1. The Morgan fingerprint density at radius 2 is 1.69 bits per heavy atom. The number of nitrogens with one attached hydrogen (secondary N) is 2. The minimum Gasteiger partial charge on any atom is -0.497 e. The summed E-state index contributed by atoms with van der Waals surface area (Å²) in [4.78, 5) is 77.3. The zero-order chi connectivity index (χ0) is 40.8. The van der Waals surface area contributed by atoms with Crippen LogP contribution in [0, 0.1) is 23.7 Å². The summed E-state index contributed by atoms with van der Waals surface area (Å²) in [6, 6.07) is 4.04. The lowest BCUT2D eigenvalue weighted by molar-refractivity contribution is -0.156. The average Bonchev–Trinajstić information content (AvgIpc) is 3.99. The summed E-state index contributed by atoms with van der Waals surface area (Å²) in [6.07, 6.45) is 10.1. The van der Waals surface area contributed by atoms with Gasteiger partial charge in [0.25, 0.3) is 17.5 Å². The van der Waals surface area contributed by atoms with Gasteiger partial charge in [0.05, 0.1) is 42.1 Å². The molecule has 15 nitrogen and oxygen atoms in total. The molecule has 5 fully saturated rings. The Labute approximate surface area is 339 Å². The van der Waals surface area contributed by atoms with Crippen LogP contribution in [0.4, 0.5) is 0 Å². The second-order valence-electron chi connectivity index (χ2n) is 17.6. The quantitative estimate of drug-likeness (QED) is 0.364. The molecule has 3 amide bonds. The van der Waals surface area contributed by atoms with Gasteiger partial charge in [-0.05, 0) is 94.1 Å². The lowest BCUT2D eigenvalue weighted by Gasteiger charge is -2.32. The van der Waals surface area contributed by atoms with Gasteiger partial charge in [-0.2, -0.15) is 4.98 Å². The molecule has 4 saturated carbocycles. The number of hydrogen-bond donors (Lipinski definition) is 2. The first-order valence-electron chi connectivity index (χ1n) is 21.5. The second kappa shape index (κ2) is 16.4. The summed E-state index contributed by atoms with van der Waals surface area (Å²) in [7, 11) is -2.35. The highest BCUT2D eigenvalue weighted by atomic mass is 32.2. The Kier molecular flexibility index (Phi) is 11.5. The molecule has 1 saturated heterocycles. The monoisotopic (exact) mass is 823 g/mol. The summed E-state index contributed by atoms with van der Waals surface area (Å²) in [5.41, 5.74) is -1.33. The van der Waals surface area contributed by atoms with E-state index in [1.165, 1.54) is 16.6 Å². The largest absolute Gasteiger partial charge is 0.497 e. The van der Waals surface area contributed by atoms with Gasteiger partial charge < -0.3 is 24.4 Å². The topological polar surface area (TPSA) is 192 Å². The van der Waals surface area contributed by atoms with E-state index in [-0.39, 0.29) is 67.1 Å². The number of nitrogens with zero attached hydrogens (tertiary/aromatic N) is 3. The molecule has 0 spiro atoms. The van der Waals surface area contributed by atoms with Crippen molar-refractivity contribution in [3.05, 3.63) is 28.6 Å². The first-order valence-corrected chi connectivity index (χ1v) is 23.1. The molecule has 6 aliphatic rings. The van der Waals surface area contributed by atoms with Crippen LogP contribution in [-0.4, -0.2) is 89.3 Å². The molecule has 1 aromatic heterocycles. The van der Waals surface area contributed by atoms with E-state index in [2.05, 4.69) is 10.0 Å². The molecule has 2 bridgehead atoms. The molecule has 3 heterocycles. The van der Waals surface area contributed by atoms with Crippen molar-refractivity contribution in [2.45, 2.75) is 152 Å². The van der Waals surface area contributed by atoms with Gasteiger partial charge in [0.15, 0.2) is 0 Å². The van der Waals surface area contributed by atoms with Crippen molar-refractivity contribution >= 4 is 44.6 Å². The number of carbonyl (C=O) groups excluding carboxylic acids is 4. The molecule has 2 N–H and O–H groups in total. The third kappa shape index (κ3) is 8.18. The van der Waals surface area contributed by atoms with Crippen LogP contribution in [-0.2, 0) is 40.5 Å². The molecule has 7 atom stereocenters. The first-order chi connectivity index (χ1) is 27.9. The Morgan fingerprint density at radius 1 is 0.948 bits per heavy atom. The van der Waals surface area contributed by atoms with Crippen LogP contribution in [0.5, 0.6) is 11.8 Å². The fourth-order valence-corrected chi connectivity index (χ4v) is 11.5. The number of benzene rings is 1. The lowest BCUT2D eigenvalue weighted by atomic mass is 9.86. The Morgan fingerprint density at radius 3 is 2.41 bits per heavy atom. The SMILES string of the molecule is CC[C@@H]1C[C@]1(NC(=O)[C@@H]1C[C@@H]2CN1C(=O)[C@H](C1CCCC1)CC(=O)O[C@@H]1CCC[C@H]1CCCCCn1c(nc3cc(OC)ccc3c1=O)O2)C(=O)NS(=O)(=O)C1CC1. The number of ether oxygens (including phenoxy) is 3. The molecule has 0 unspecified atom stereocenters. The maximum Gasteiger partial charge on any atom is 0.306 e. The Balaban J connectivity index is 1.14. The molecule has 4 aliphatic carbocycles. The fraction of sp³-hybridized carbons (Fsp3) is 0.714. The molecule has 58 heavy (non-hydrogen) atoms. The summed E-state index contributed by atoms with van der Waals surface area (Å²) in [5, 5.41) is 2.70. The average molecular weight is 824 g/mol. The van der Waals surface area contributed by atoms with Crippen molar-refractivity contribution in [1.29, 1.82) is 0 Å². The minimum atomic E-state index is -3.88. The number of fused-ring (bicyclic) bond motifs is 5. The Hall–Kier alpha value is -4.21. The van der Waals surface area contributed by atoms with E-state index >= 15 is 0 Å².